The SMILES string of the molecule is CC(=O)N1CC(C(=O)N(Cc2ccccn2)C2CC2)C1. The number of carbonyl (C=O) groups is 2. The molecular formula is C15H19N3O2. The van der Waals surface area contributed by atoms with Gasteiger partial charge in [0.25, 0.3) is 0 Å². The number of nitrogens with zero attached hydrogens (tertiary/aromatic N) is 3. The second-order valence-electron chi connectivity index (χ2n) is 5.64. The Hall–Kier alpha value is -1.91. The maximum atomic E-state index is 12.5. The van der Waals surface area contributed by atoms with Gasteiger partial charge in [0.05, 0.1) is 18.2 Å². The lowest BCUT2D eigenvalue weighted by atomic mass is 9.98. The molecule has 3 rings (SSSR count). The minimum absolute atomic E-state index is 0.0248. The molecule has 2 amide bonds. The van der Waals surface area contributed by atoms with Crippen LogP contribution in [-0.4, -0.2) is 45.7 Å². The van der Waals surface area contributed by atoms with Gasteiger partial charge in [0.2, 0.25) is 11.8 Å². The van der Waals surface area contributed by atoms with E-state index in [-0.39, 0.29) is 17.7 Å². The first-order valence-electron chi connectivity index (χ1n) is 7.11. The number of hydrogen-bond acceptors (Lipinski definition) is 3. The summed E-state index contributed by atoms with van der Waals surface area (Å²) >= 11 is 0. The van der Waals surface area contributed by atoms with Crippen molar-refractivity contribution in [2.24, 2.45) is 5.92 Å². The minimum atomic E-state index is -0.0248. The molecular weight excluding hydrogens is 254 g/mol. The van der Waals surface area contributed by atoms with E-state index in [1.165, 1.54) is 0 Å². The van der Waals surface area contributed by atoms with Crippen LogP contribution >= 0.6 is 0 Å². The molecule has 1 aromatic heterocycles. The van der Waals surface area contributed by atoms with Crippen LogP contribution in [0.2, 0.25) is 0 Å². The maximum absolute atomic E-state index is 12.5. The molecule has 1 aromatic rings. The number of rotatable bonds is 4. The number of aromatic nitrogens is 1. The van der Waals surface area contributed by atoms with E-state index in [0.717, 1.165) is 18.5 Å². The highest BCUT2D eigenvalue weighted by Gasteiger charge is 2.41. The van der Waals surface area contributed by atoms with Crippen LogP contribution in [0.3, 0.4) is 0 Å². The van der Waals surface area contributed by atoms with Gasteiger partial charge >= 0.3 is 0 Å². The molecule has 5 heteroatoms. The predicted octanol–water partition coefficient (Wildman–Crippen LogP) is 1.05. The van der Waals surface area contributed by atoms with E-state index in [1.807, 2.05) is 23.1 Å². The van der Waals surface area contributed by atoms with E-state index in [1.54, 1.807) is 18.0 Å². The summed E-state index contributed by atoms with van der Waals surface area (Å²) in [5, 5.41) is 0. The van der Waals surface area contributed by atoms with Crippen molar-refractivity contribution >= 4 is 11.8 Å². The molecule has 0 aromatic carbocycles. The summed E-state index contributed by atoms with van der Waals surface area (Å²) in [6.07, 6.45) is 3.93. The fourth-order valence-electron chi connectivity index (χ4n) is 2.57. The summed E-state index contributed by atoms with van der Waals surface area (Å²) in [5.41, 5.74) is 0.926. The van der Waals surface area contributed by atoms with Gasteiger partial charge in [0.15, 0.2) is 0 Å². The van der Waals surface area contributed by atoms with Gasteiger partial charge in [-0.1, -0.05) is 6.07 Å². The molecule has 0 bridgehead atoms. The minimum Gasteiger partial charge on any atom is -0.341 e. The Bertz CT molecular complexity index is 507. The Morgan fingerprint density at radius 1 is 1.35 bits per heavy atom. The first kappa shape index (κ1) is 13.1. The third-order valence-electron chi connectivity index (χ3n) is 4.01. The van der Waals surface area contributed by atoms with Gasteiger partial charge in [0.1, 0.15) is 0 Å². The van der Waals surface area contributed by atoms with Crippen molar-refractivity contribution in [2.45, 2.75) is 32.4 Å². The standard InChI is InChI=1S/C15H19N3O2/c1-11(19)17-8-12(9-17)15(20)18(14-5-6-14)10-13-4-2-3-7-16-13/h2-4,7,12,14H,5-6,8-10H2,1H3. The van der Waals surface area contributed by atoms with E-state index in [2.05, 4.69) is 4.98 Å². The Labute approximate surface area is 118 Å². The van der Waals surface area contributed by atoms with E-state index in [0.29, 0.717) is 25.7 Å². The normalized spacial score (nSPS) is 18.6. The van der Waals surface area contributed by atoms with Crippen molar-refractivity contribution in [1.82, 2.24) is 14.8 Å². The summed E-state index contributed by atoms with van der Waals surface area (Å²) in [7, 11) is 0. The first-order chi connectivity index (χ1) is 9.65. The van der Waals surface area contributed by atoms with Gasteiger partial charge in [-0.3, -0.25) is 14.6 Å². The lowest BCUT2D eigenvalue weighted by molar-refractivity contribution is -0.148. The third-order valence-corrected chi connectivity index (χ3v) is 4.01. The Balaban J connectivity index is 1.63. The van der Waals surface area contributed by atoms with Crippen LogP contribution in [0.15, 0.2) is 24.4 Å². The zero-order valence-corrected chi connectivity index (χ0v) is 11.7. The predicted molar refractivity (Wildman–Crippen MR) is 73.6 cm³/mol. The molecule has 1 saturated heterocycles. The maximum Gasteiger partial charge on any atom is 0.229 e. The summed E-state index contributed by atoms with van der Waals surface area (Å²) in [6, 6.07) is 6.14. The summed E-state index contributed by atoms with van der Waals surface area (Å²) < 4.78 is 0. The fourth-order valence-corrected chi connectivity index (χ4v) is 2.57. The molecule has 0 radical (unpaired) electrons. The van der Waals surface area contributed by atoms with Gasteiger partial charge in [-0.2, -0.15) is 0 Å². The van der Waals surface area contributed by atoms with E-state index in [4.69, 9.17) is 0 Å². The number of likely N-dealkylation sites (tertiary alicyclic amines) is 1. The van der Waals surface area contributed by atoms with Gasteiger partial charge in [-0.25, -0.2) is 0 Å². The van der Waals surface area contributed by atoms with Crippen molar-refractivity contribution in [3.05, 3.63) is 30.1 Å². The average molecular weight is 273 g/mol. The fraction of sp³-hybridized carbons (Fsp3) is 0.533. The molecule has 0 unspecified atom stereocenters. The number of pyridine rings is 1. The van der Waals surface area contributed by atoms with Crippen LogP contribution in [0, 0.1) is 5.92 Å². The molecule has 1 aliphatic heterocycles. The zero-order valence-electron chi connectivity index (χ0n) is 11.7. The molecule has 20 heavy (non-hydrogen) atoms. The highest BCUT2D eigenvalue weighted by molar-refractivity contribution is 5.84. The van der Waals surface area contributed by atoms with Crippen LogP contribution in [0.5, 0.6) is 0 Å². The molecule has 0 N–H and O–H groups in total. The first-order valence-corrected chi connectivity index (χ1v) is 7.11. The van der Waals surface area contributed by atoms with E-state index < -0.39 is 0 Å². The molecule has 1 aliphatic carbocycles. The molecule has 0 atom stereocenters. The molecule has 2 heterocycles. The quantitative estimate of drug-likeness (QED) is 0.824. The van der Waals surface area contributed by atoms with Crippen LogP contribution in [0.1, 0.15) is 25.5 Å². The third kappa shape index (κ3) is 2.66. The summed E-state index contributed by atoms with van der Waals surface area (Å²) in [6.45, 7) is 3.27. The van der Waals surface area contributed by atoms with Crippen LogP contribution < -0.4 is 0 Å². The lowest BCUT2D eigenvalue weighted by Crippen LogP contribution is -2.56. The smallest absolute Gasteiger partial charge is 0.229 e. The Kier molecular flexibility index (Phi) is 3.42. The average Bonchev–Trinajstić information content (AvgIpc) is 3.19. The van der Waals surface area contributed by atoms with Crippen molar-refractivity contribution in [1.29, 1.82) is 0 Å². The number of amides is 2. The largest absolute Gasteiger partial charge is 0.341 e. The second kappa shape index (κ2) is 5.23. The highest BCUT2D eigenvalue weighted by Crippen LogP contribution is 2.31. The number of hydrogen-bond donors (Lipinski definition) is 0. The summed E-state index contributed by atoms with van der Waals surface area (Å²) in [5.74, 6) is 0.204. The second-order valence-corrected chi connectivity index (χ2v) is 5.64. The van der Waals surface area contributed by atoms with Gasteiger partial charge in [-0.15, -0.1) is 0 Å². The number of carbonyl (C=O) groups excluding carboxylic acids is 2. The van der Waals surface area contributed by atoms with Gasteiger partial charge in [0, 0.05) is 32.3 Å². The monoisotopic (exact) mass is 273 g/mol. The lowest BCUT2D eigenvalue weighted by Gasteiger charge is -2.40. The molecule has 2 fully saturated rings. The van der Waals surface area contributed by atoms with Crippen LogP contribution in [0.4, 0.5) is 0 Å². The van der Waals surface area contributed by atoms with Crippen molar-refractivity contribution < 1.29 is 9.59 Å². The highest BCUT2D eigenvalue weighted by atomic mass is 16.2. The Morgan fingerprint density at radius 2 is 2.10 bits per heavy atom. The van der Waals surface area contributed by atoms with Crippen molar-refractivity contribution in [2.75, 3.05) is 13.1 Å². The van der Waals surface area contributed by atoms with Crippen LogP contribution in [0.25, 0.3) is 0 Å². The van der Waals surface area contributed by atoms with Crippen LogP contribution in [-0.2, 0) is 16.1 Å². The van der Waals surface area contributed by atoms with E-state index in [9.17, 15) is 9.59 Å². The van der Waals surface area contributed by atoms with Crippen molar-refractivity contribution in [3.8, 4) is 0 Å². The van der Waals surface area contributed by atoms with Gasteiger partial charge in [-0.05, 0) is 25.0 Å². The molecule has 1 saturated carbocycles. The topological polar surface area (TPSA) is 53.5 Å². The zero-order chi connectivity index (χ0) is 14.1. The van der Waals surface area contributed by atoms with Crippen molar-refractivity contribution in [3.63, 3.8) is 0 Å². The molecule has 5 nitrogen and oxygen atoms in total. The summed E-state index contributed by atoms with van der Waals surface area (Å²) in [4.78, 5) is 31.7. The van der Waals surface area contributed by atoms with Gasteiger partial charge < -0.3 is 9.80 Å². The molecule has 2 aliphatic rings. The molecule has 106 valence electrons. The molecule has 0 spiro atoms. The van der Waals surface area contributed by atoms with E-state index >= 15 is 0 Å². The Morgan fingerprint density at radius 3 is 2.65 bits per heavy atom.